The molecule has 0 aliphatic carbocycles. The Morgan fingerprint density at radius 1 is 1.07 bits per heavy atom. The van der Waals surface area contributed by atoms with Gasteiger partial charge in [0.2, 0.25) is 0 Å². The molecule has 148 valence electrons. The van der Waals surface area contributed by atoms with Gasteiger partial charge in [0, 0.05) is 54.0 Å². The molecule has 2 aromatic carbocycles. The van der Waals surface area contributed by atoms with E-state index in [9.17, 15) is 9.90 Å². The summed E-state index contributed by atoms with van der Waals surface area (Å²) in [5.74, 6) is -0.380. The summed E-state index contributed by atoms with van der Waals surface area (Å²) in [5.41, 5.74) is 3.79. The Bertz CT molecular complexity index is 1440. The van der Waals surface area contributed by atoms with Crippen LogP contribution in [0.2, 0.25) is 0 Å². The van der Waals surface area contributed by atoms with E-state index in [1.165, 1.54) is 0 Å². The second kappa shape index (κ2) is 6.73. The van der Waals surface area contributed by atoms with Crippen molar-refractivity contribution >= 4 is 55.9 Å². The number of hydrogen-bond acceptors (Lipinski definition) is 5. The van der Waals surface area contributed by atoms with Crippen LogP contribution in [0.1, 0.15) is 10.4 Å². The minimum absolute atomic E-state index is 0.215. The summed E-state index contributed by atoms with van der Waals surface area (Å²) < 4.78 is 0. The number of nitrogens with zero attached hydrogens (tertiary/aromatic N) is 3. The molecule has 3 aromatic heterocycles. The number of anilines is 3. The molecule has 0 amide bonds. The van der Waals surface area contributed by atoms with E-state index in [0.717, 1.165) is 44.1 Å². The third-order valence-corrected chi connectivity index (χ3v) is 5.22. The van der Waals surface area contributed by atoms with E-state index in [2.05, 4.69) is 15.3 Å². The average molecular weight is 397 g/mol. The Labute approximate surface area is 172 Å². The highest BCUT2D eigenvalue weighted by Crippen LogP contribution is 2.36. The summed E-state index contributed by atoms with van der Waals surface area (Å²) in [4.78, 5) is 26.0. The number of carbonyl (C=O) groups is 1. The van der Waals surface area contributed by atoms with Gasteiger partial charge in [0.15, 0.2) is 0 Å². The van der Waals surface area contributed by atoms with Crippen LogP contribution in [0, 0.1) is 0 Å². The summed E-state index contributed by atoms with van der Waals surface area (Å²) in [6.45, 7) is 0. The molecule has 5 aromatic rings. The molecule has 0 bridgehead atoms. The summed E-state index contributed by atoms with van der Waals surface area (Å²) >= 11 is 0. The summed E-state index contributed by atoms with van der Waals surface area (Å²) in [5, 5.41) is 16.4. The normalized spacial score (nSPS) is 11.3. The van der Waals surface area contributed by atoms with Crippen molar-refractivity contribution in [1.82, 2.24) is 15.0 Å². The molecule has 0 fully saturated rings. The number of nitrogens with one attached hydrogen (secondary N) is 2. The number of aromatic carboxylic acids is 1. The number of benzene rings is 2. The molecule has 0 aliphatic rings. The molecule has 7 heteroatoms. The van der Waals surface area contributed by atoms with E-state index in [4.69, 9.17) is 4.98 Å². The van der Waals surface area contributed by atoms with Gasteiger partial charge in [-0.2, -0.15) is 0 Å². The van der Waals surface area contributed by atoms with Crippen molar-refractivity contribution in [2.45, 2.75) is 0 Å². The van der Waals surface area contributed by atoms with Crippen LogP contribution in [0.15, 0.2) is 60.9 Å². The Balaban J connectivity index is 1.78. The van der Waals surface area contributed by atoms with Crippen molar-refractivity contribution in [2.24, 2.45) is 0 Å². The fraction of sp³-hybridized carbons (Fsp3) is 0.0870. The number of H-pyrrole nitrogens is 1. The molecule has 3 heterocycles. The van der Waals surface area contributed by atoms with Gasteiger partial charge in [-0.15, -0.1) is 0 Å². The Kier molecular flexibility index (Phi) is 4.03. The SMILES string of the molecule is CN(C)c1cccc(Nc2nc3[nH]c4ccncc4c3c3ccc(C(=O)O)cc23)c1. The summed E-state index contributed by atoms with van der Waals surface area (Å²) in [6.07, 6.45) is 3.53. The van der Waals surface area contributed by atoms with Gasteiger partial charge < -0.3 is 20.3 Å². The number of rotatable bonds is 4. The molecular weight excluding hydrogens is 378 g/mol. The van der Waals surface area contributed by atoms with Gasteiger partial charge >= 0.3 is 5.97 Å². The molecule has 0 unspecified atom stereocenters. The number of aromatic nitrogens is 3. The van der Waals surface area contributed by atoms with Gasteiger partial charge in [0.1, 0.15) is 11.5 Å². The minimum atomic E-state index is -0.974. The van der Waals surface area contributed by atoms with Crippen molar-refractivity contribution < 1.29 is 9.90 Å². The Morgan fingerprint density at radius 3 is 2.73 bits per heavy atom. The molecule has 7 nitrogen and oxygen atoms in total. The molecule has 0 atom stereocenters. The number of hydrogen-bond donors (Lipinski definition) is 3. The first-order chi connectivity index (χ1) is 14.5. The zero-order valence-corrected chi connectivity index (χ0v) is 16.5. The van der Waals surface area contributed by atoms with Crippen molar-refractivity contribution in [3.63, 3.8) is 0 Å². The van der Waals surface area contributed by atoms with Crippen molar-refractivity contribution in [3.8, 4) is 0 Å². The highest BCUT2D eigenvalue weighted by Gasteiger charge is 2.16. The lowest BCUT2D eigenvalue weighted by Crippen LogP contribution is -2.08. The molecule has 0 saturated carbocycles. The fourth-order valence-electron chi connectivity index (χ4n) is 3.73. The van der Waals surface area contributed by atoms with E-state index in [0.29, 0.717) is 5.82 Å². The first kappa shape index (κ1) is 17.9. The lowest BCUT2D eigenvalue weighted by atomic mass is 10.0. The van der Waals surface area contributed by atoms with E-state index in [1.807, 2.05) is 55.4 Å². The molecule has 0 aliphatic heterocycles. The topological polar surface area (TPSA) is 94.1 Å². The van der Waals surface area contributed by atoms with Crippen LogP contribution in [0.5, 0.6) is 0 Å². The maximum Gasteiger partial charge on any atom is 0.335 e. The van der Waals surface area contributed by atoms with Crippen LogP contribution in [0.4, 0.5) is 17.2 Å². The predicted molar refractivity (Wildman–Crippen MR) is 120 cm³/mol. The van der Waals surface area contributed by atoms with E-state index >= 15 is 0 Å². The fourth-order valence-corrected chi connectivity index (χ4v) is 3.73. The number of carboxylic acid groups (broad SMARTS) is 1. The zero-order chi connectivity index (χ0) is 20.8. The maximum absolute atomic E-state index is 11.6. The van der Waals surface area contributed by atoms with Gasteiger partial charge in [-0.25, -0.2) is 9.78 Å². The van der Waals surface area contributed by atoms with Crippen molar-refractivity contribution in [3.05, 3.63) is 66.5 Å². The van der Waals surface area contributed by atoms with E-state index in [1.54, 1.807) is 24.5 Å². The van der Waals surface area contributed by atoms with Gasteiger partial charge in [-0.3, -0.25) is 4.98 Å². The maximum atomic E-state index is 11.6. The molecule has 0 spiro atoms. The number of carboxylic acids is 1. The van der Waals surface area contributed by atoms with Crippen LogP contribution >= 0.6 is 0 Å². The first-order valence-electron chi connectivity index (χ1n) is 9.48. The molecule has 5 rings (SSSR count). The third kappa shape index (κ3) is 2.88. The van der Waals surface area contributed by atoms with Crippen LogP contribution in [0.3, 0.4) is 0 Å². The minimum Gasteiger partial charge on any atom is -0.478 e. The molecular formula is C23H19N5O2. The standard InChI is InChI=1S/C23H19N5O2/c1-28(2)15-5-3-4-14(11-15)25-21-17-10-13(23(29)30)6-7-16(17)20-18-12-24-9-8-19(18)26-22(20)27-21/h3-12H,1-2H3,(H,29,30)(H2,25,26,27). The number of aromatic amines is 1. The summed E-state index contributed by atoms with van der Waals surface area (Å²) in [7, 11) is 3.97. The molecule has 3 N–H and O–H groups in total. The number of pyridine rings is 2. The summed E-state index contributed by atoms with van der Waals surface area (Å²) in [6, 6.07) is 15.0. The van der Waals surface area contributed by atoms with Gasteiger partial charge in [-0.05, 0) is 41.8 Å². The Hall–Kier alpha value is -4.13. The van der Waals surface area contributed by atoms with E-state index < -0.39 is 5.97 Å². The second-order valence-corrected chi connectivity index (χ2v) is 7.37. The molecule has 0 radical (unpaired) electrons. The van der Waals surface area contributed by atoms with Crippen LogP contribution in [-0.4, -0.2) is 40.1 Å². The Morgan fingerprint density at radius 2 is 1.93 bits per heavy atom. The largest absolute Gasteiger partial charge is 0.478 e. The van der Waals surface area contributed by atoms with Crippen LogP contribution < -0.4 is 10.2 Å². The smallest absolute Gasteiger partial charge is 0.335 e. The lowest BCUT2D eigenvalue weighted by Gasteiger charge is -2.15. The van der Waals surface area contributed by atoms with Gasteiger partial charge in [0.05, 0.1) is 11.1 Å². The quantitative estimate of drug-likeness (QED) is 0.404. The van der Waals surface area contributed by atoms with Crippen LogP contribution in [-0.2, 0) is 0 Å². The highest BCUT2D eigenvalue weighted by molar-refractivity contribution is 6.21. The lowest BCUT2D eigenvalue weighted by molar-refractivity contribution is 0.0697. The van der Waals surface area contributed by atoms with Gasteiger partial charge in [0.25, 0.3) is 0 Å². The third-order valence-electron chi connectivity index (χ3n) is 5.22. The number of fused-ring (bicyclic) bond motifs is 5. The van der Waals surface area contributed by atoms with Crippen molar-refractivity contribution in [2.75, 3.05) is 24.3 Å². The molecule has 0 saturated heterocycles. The molecule has 30 heavy (non-hydrogen) atoms. The first-order valence-corrected chi connectivity index (χ1v) is 9.48. The van der Waals surface area contributed by atoms with E-state index in [-0.39, 0.29) is 5.56 Å². The zero-order valence-electron chi connectivity index (χ0n) is 16.5. The van der Waals surface area contributed by atoms with Crippen molar-refractivity contribution in [1.29, 1.82) is 0 Å². The average Bonchev–Trinajstić information content (AvgIpc) is 3.12. The highest BCUT2D eigenvalue weighted by atomic mass is 16.4. The van der Waals surface area contributed by atoms with Crippen LogP contribution in [0.25, 0.3) is 32.7 Å². The second-order valence-electron chi connectivity index (χ2n) is 7.37. The van der Waals surface area contributed by atoms with Gasteiger partial charge in [-0.1, -0.05) is 12.1 Å². The monoisotopic (exact) mass is 397 g/mol. The predicted octanol–water partition coefficient (Wildman–Crippen LogP) is 4.77.